The molecular formula is C16H16Cl2N2O6. The molecule has 1 aliphatic heterocycles. The van der Waals surface area contributed by atoms with Crippen LogP contribution in [0.3, 0.4) is 0 Å². The number of rotatable bonds is 7. The zero-order chi connectivity index (χ0) is 19.4. The monoisotopic (exact) mass is 402 g/mol. The van der Waals surface area contributed by atoms with Crippen LogP contribution in [-0.4, -0.2) is 46.0 Å². The topological polar surface area (TPSA) is 110 Å². The van der Waals surface area contributed by atoms with Gasteiger partial charge in [0.15, 0.2) is 0 Å². The molecule has 1 heterocycles. The average molecular weight is 403 g/mol. The molecule has 0 unspecified atom stereocenters. The van der Waals surface area contributed by atoms with E-state index in [0.29, 0.717) is 5.56 Å². The van der Waals surface area contributed by atoms with Crippen molar-refractivity contribution < 1.29 is 24.4 Å². The number of nitrogens with zero attached hydrogens (tertiary/aromatic N) is 2. The number of non-ortho nitro benzene ring substituents is 1. The molecule has 1 aromatic carbocycles. The Morgan fingerprint density at radius 2 is 2.00 bits per heavy atom. The number of halogens is 2. The summed E-state index contributed by atoms with van der Waals surface area (Å²) in [7, 11) is 0. The van der Waals surface area contributed by atoms with Gasteiger partial charge < -0.3 is 14.7 Å². The molecule has 1 aromatic rings. The van der Waals surface area contributed by atoms with Gasteiger partial charge in [0.2, 0.25) is 0 Å². The van der Waals surface area contributed by atoms with Gasteiger partial charge in [-0.1, -0.05) is 23.2 Å². The van der Waals surface area contributed by atoms with Crippen molar-refractivity contribution in [2.24, 2.45) is 0 Å². The number of ether oxygens (including phenoxy) is 1. The molecule has 140 valence electrons. The highest BCUT2D eigenvalue weighted by molar-refractivity contribution is 6.49. The van der Waals surface area contributed by atoms with Crippen LogP contribution in [0.4, 0.5) is 5.69 Å². The average Bonchev–Trinajstić information content (AvgIpc) is 2.83. The molecule has 2 rings (SSSR count). The molecule has 0 spiro atoms. The predicted molar refractivity (Wildman–Crippen MR) is 93.5 cm³/mol. The van der Waals surface area contributed by atoms with Crippen LogP contribution in [0, 0.1) is 10.1 Å². The number of nitro groups is 1. The molecular weight excluding hydrogens is 387 g/mol. The van der Waals surface area contributed by atoms with Crippen LogP contribution in [0.25, 0.3) is 0 Å². The lowest BCUT2D eigenvalue weighted by Gasteiger charge is -2.29. The van der Waals surface area contributed by atoms with Crippen LogP contribution in [0.15, 0.2) is 34.3 Å². The normalized spacial score (nSPS) is 18.2. The first-order chi connectivity index (χ1) is 12.3. The first-order valence-corrected chi connectivity index (χ1v) is 8.47. The first-order valence-electron chi connectivity index (χ1n) is 7.72. The van der Waals surface area contributed by atoms with Crippen LogP contribution in [0.2, 0.25) is 0 Å². The number of aliphatic hydroxyl groups is 1. The number of hydrogen-bond donors (Lipinski definition) is 1. The highest BCUT2D eigenvalue weighted by Crippen LogP contribution is 2.38. The molecule has 2 atom stereocenters. The van der Waals surface area contributed by atoms with Crippen molar-refractivity contribution >= 4 is 40.8 Å². The molecule has 0 aromatic heterocycles. The molecule has 1 amide bonds. The summed E-state index contributed by atoms with van der Waals surface area (Å²) in [4.78, 5) is 35.2. The summed E-state index contributed by atoms with van der Waals surface area (Å²) in [5.41, 5.74) is 0.182. The molecule has 10 heteroatoms. The Balaban J connectivity index is 2.22. The molecule has 0 radical (unpaired) electrons. The largest absolute Gasteiger partial charge is 0.466 e. The lowest BCUT2D eigenvalue weighted by molar-refractivity contribution is -0.384. The molecule has 0 saturated carbocycles. The van der Waals surface area contributed by atoms with E-state index in [9.17, 15) is 24.8 Å². The van der Waals surface area contributed by atoms with Gasteiger partial charge in [-0.3, -0.25) is 19.7 Å². The third-order valence-corrected chi connectivity index (χ3v) is 4.73. The molecule has 0 aliphatic carbocycles. The molecule has 0 saturated heterocycles. The summed E-state index contributed by atoms with van der Waals surface area (Å²) in [5.74, 6) is -1.10. The standard InChI is InChI=1S/C16H16Cl2N2O6/c1-2-26-11(21)7-8-19-14(12(17)13(18)16(19)23)15(22)9-3-5-10(6-4-9)20(24)25/h3-6,14-15,22H,2,7-8H2,1H3/t14-,15-/m0/s1. The lowest BCUT2D eigenvalue weighted by atomic mass is 10.0. The van der Waals surface area contributed by atoms with E-state index in [0.717, 1.165) is 0 Å². The summed E-state index contributed by atoms with van der Waals surface area (Å²) >= 11 is 12.0. The van der Waals surface area contributed by atoms with Gasteiger partial charge in [0.05, 0.1) is 29.0 Å². The van der Waals surface area contributed by atoms with Gasteiger partial charge in [-0.15, -0.1) is 0 Å². The Hall–Kier alpha value is -2.16. The van der Waals surface area contributed by atoms with Crippen LogP contribution in [-0.2, 0) is 14.3 Å². The maximum Gasteiger partial charge on any atom is 0.307 e. The van der Waals surface area contributed by atoms with E-state index in [1.54, 1.807) is 6.92 Å². The molecule has 26 heavy (non-hydrogen) atoms. The van der Waals surface area contributed by atoms with Gasteiger partial charge in [-0.05, 0) is 24.6 Å². The third kappa shape index (κ3) is 4.14. The zero-order valence-corrected chi connectivity index (χ0v) is 15.2. The number of carbonyl (C=O) groups excluding carboxylic acids is 2. The molecule has 0 fully saturated rings. The van der Waals surface area contributed by atoms with Crippen LogP contribution < -0.4 is 0 Å². The molecule has 1 N–H and O–H groups in total. The number of aliphatic hydroxyl groups excluding tert-OH is 1. The van der Waals surface area contributed by atoms with E-state index in [1.807, 2.05) is 0 Å². The van der Waals surface area contributed by atoms with E-state index >= 15 is 0 Å². The van der Waals surface area contributed by atoms with Gasteiger partial charge in [-0.25, -0.2) is 0 Å². The number of esters is 1. The van der Waals surface area contributed by atoms with Crippen LogP contribution >= 0.6 is 23.2 Å². The summed E-state index contributed by atoms with van der Waals surface area (Å²) in [5, 5.41) is 21.1. The maximum atomic E-state index is 12.3. The van der Waals surface area contributed by atoms with Gasteiger partial charge in [0, 0.05) is 18.7 Å². The fraction of sp³-hybridized carbons (Fsp3) is 0.375. The Kier molecular flexibility index (Phi) is 6.57. The second kappa shape index (κ2) is 8.48. The van der Waals surface area contributed by atoms with Crippen molar-refractivity contribution in [2.75, 3.05) is 13.2 Å². The summed E-state index contributed by atoms with van der Waals surface area (Å²) < 4.78 is 4.82. The molecule has 8 nitrogen and oxygen atoms in total. The second-order valence-electron chi connectivity index (χ2n) is 5.45. The van der Waals surface area contributed by atoms with Gasteiger partial charge in [0.25, 0.3) is 11.6 Å². The predicted octanol–water partition coefficient (Wildman–Crippen LogP) is 2.48. The van der Waals surface area contributed by atoms with Crippen LogP contribution in [0.1, 0.15) is 25.0 Å². The van der Waals surface area contributed by atoms with Gasteiger partial charge >= 0.3 is 5.97 Å². The number of nitro benzene ring substituents is 1. The summed E-state index contributed by atoms with van der Waals surface area (Å²) in [6, 6.07) is 4.21. The highest BCUT2D eigenvalue weighted by Gasteiger charge is 2.42. The third-order valence-electron chi connectivity index (χ3n) is 3.86. The molecule has 0 bridgehead atoms. The zero-order valence-electron chi connectivity index (χ0n) is 13.7. The number of hydrogen-bond acceptors (Lipinski definition) is 6. The van der Waals surface area contributed by atoms with Crippen LogP contribution in [0.5, 0.6) is 0 Å². The maximum absolute atomic E-state index is 12.3. The van der Waals surface area contributed by atoms with Crippen molar-refractivity contribution in [1.29, 1.82) is 0 Å². The van der Waals surface area contributed by atoms with Gasteiger partial charge in [0.1, 0.15) is 11.1 Å². The van der Waals surface area contributed by atoms with Crippen molar-refractivity contribution in [2.45, 2.75) is 25.5 Å². The Morgan fingerprint density at radius 3 is 2.54 bits per heavy atom. The van der Waals surface area contributed by atoms with E-state index < -0.39 is 28.9 Å². The SMILES string of the molecule is CCOC(=O)CCN1C(=O)C(Cl)=C(Cl)[C@H]1[C@@H](O)c1ccc([N+](=O)[O-])cc1. The Morgan fingerprint density at radius 1 is 1.38 bits per heavy atom. The van der Waals surface area contributed by atoms with Crippen molar-refractivity contribution in [3.63, 3.8) is 0 Å². The Labute approximate surface area is 159 Å². The fourth-order valence-electron chi connectivity index (χ4n) is 2.59. The van der Waals surface area contributed by atoms with E-state index in [4.69, 9.17) is 27.9 Å². The van der Waals surface area contributed by atoms with Crippen molar-refractivity contribution in [3.8, 4) is 0 Å². The van der Waals surface area contributed by atoms with E-state index in [1.165, 1.54) is 29.2 Å². The van der Waals surface area contributed by atoms with Gasteiger partial charge in [-0.2, -0.15) is 0 Å². The highest BCUT2D eigenvalue weighted by atomic mass is 35.5. The smallest absolute Gasteiger partial charge is 0.307 e. The minimum Gasteiger partial charge on any atom is -0.466 e. The first kappa shape index (κ1) is 20.2. The lowest BCUT2D eigenvalue weighted by Crippen LogP contribution is -2.40. The number of carbonyl (C=O) groups is 2. The minimum absolute atomic E-state index is 0.0428. The second-order valence-corrected chi connectivity index (χ2v) is 6.24. The molecule has 1 aliphatic rings. The fourth-order valence-corrected chi connectivity index (χ4v) is 3.13. The van der Waals surface area contributed by atoms with E-state index in [2.05, 4.69) is 0 Å². The summed E-state index contributed by atoms with van der Waals surface area (Å²) in [6.07, 6.45) is -1.36. The number of benzene rings is 1. The quantitative estimate of drug-likeness (QED) is 0.426. The number of amides is 1. The summed E-state index contributed by atoms with van der Waals surface area (Å²) in [6.45, 7) is 1.83. The van der Waals surface area contributed by atoms with Crippen molar-refractivity contribution in [3.05, 3.63) is 50.0 Å². The Bertz CT molecular complexity index is 750. The van der Waals surface area contributed by atoms with E-state index in [-0.39, 0.29) is 35.3 Å². The van der Waals surface area contributed by atoms with Crippen molar-refractivity contribution in [1.82, 2.24) is 4.90 Å². The minimum atomic E-state index is -1.27.